The molecule has 0 aromatic heterocycles. The molecule has 0 aliphatic carbocycles. The van der Waals surface area contributed by atoms with Crippen molar-refractivity contribution in [3.63, 3.8) is 0 Å². The van der Waals surface area contributed by atoms with E-state index in [1.54, 1.807) is 0 Å². The van der Waals surface area contributed by atoms with Gasteiger partial charge in [-0.05, 0) is 34.1 Å². The van der Waals surface area contributed by atoms with Gasteiger partial charge in [-0.25, -0.2) is 12.8 Å². The van der Waals surface area contributed by atoms with E-state index in [9.17, 15) is 34.9 Å². The highest BCUT2D eigenvalue weighted by molar-refractivity contribution is 7.86. The van der Waals surface area contributed by atoms with Crippen molar-refractivity contribution in [2.45, 2.75) is 96.9 Å². The van der Waals surface area contributed by atoms with Crippen LogP contribution in [0.15, 0.2) is 0 Å². The first-order valence-corrected chi connectivity index (χ1v) is 11.8. The molecule has 0 spiro atoms. The predicted octanol–water partition coefficient (Wildman–Crippen LogP) is 5.73. The third-order valence-electron chi connectivity index (χ3n) is 5.59. The second-order valence-corrected chi connectivity index (χ2v) is 8.65. The normalized spacial score (nSPS) is 14.3. The summed E-state index contributed by atoms with van der Waals surface area (Å²) in [6.07, 6.45) is -0.602. The van der Waals surface area contributed by atoms with E-state index in [-0.39, 0.29) is 6.42 Å². The number of rotatable bonds is 14. The molecule has 4 nitrogen and oxygen atoms in total. The van der Waals surface area contributed by atoms with E-state index in [0.29, 0.717) is 12.8 Å². The number of hydrogen-bond acceptors (Lipinski definition) is 3. The Morgan fingerprint density at radius 3 is 1.48 bits per heavy atom. The molecule has 0 aromatic carbocycles. The van der Waals surface area contributed by atoms with Crippen LogP contribution in [0.1, 0.15) is 79.6 Å². The third kappa shape index (κ3) is 9.46. The minimum atomic E-state index is -6.62. The molecule has 0 heterocycles. The summed E-state index contributed by atoms with van der Waals surface area (Å²) in [7, 11) is -6.62. The van der Waals surface area contributed by atoms with Gasteiger partial charge in [-0.2, -0.15) is 17.6 Å². The van der Waals surface area contributed by atoms with Crippen LogP contribution in [0.4, 0.5) is 22.0 Å². The fourth-order valence-electron chi connectivity index (χ4n) is 2.98. The Morgan fingerprint density at radius 2 is 1.17 bits per heavy atom. The molecular weight excluding hydrogens is 417 g/mol. The Morgan fingerprint density at radius 1 is 0.793 bits per heavy atom. The van der Waals surface area contributed by atoms with Crippen LogP contribution in [0, 0.1) is 0 Å². The molecule has 0 saturated carbocycles. The smallest absolute Gasteiger partial charge is 0.399 e. The first-order chi connectivity index (χ1) is 13.2. The molecule has 0 aliphatic heterocycles. The molecular formula is C19H38F5NO3S. The van der Waals surface area contributed by atoms with Crippen molar-refractivity contribution in [1.82, 2.24) is 0 Å². The summed E-state index contributed by atoms with van der Waals surface area (Å²) >= 11 is 0. The number of unbranched alkanes of at least 4 members (excludes halogenated alkanes) is 5. The van der Waals surface area contributed by atoms with E-state index in [4.69, 9.17) is 0 Å². The summed E-state index contributed by atoms with van der Waals surface area (Å²) < 4.78 is 96.2. The van der Waals surface area contributed by atoms with Crippen molar-refractivity contribution in [3.05, 3.63) is 0 Å². The first kappa shape index (κ1) is 30.7. The maximum atomic E-state index is 13.1. The maximum absolute atomic E-state index is 13.1. The molecule has 178 valence electrons. The average molecular weight is 456 g/mol. The molecule has 0 aromatic rings. The Kier molecular flexibility index (Phi) is 14.6. The summed E-state index contributed by atoms with van der Waals surface area (Å²) in [5, 5.41) is -5.94. The van der Waals surface area contributed by atoms with E-state index in [2.05, 4.69) is 27.7 Å². The van der Waals surface area contributed by atoms with E-state index in [1.807, 2.05) is 6.92 Å². The Labute approximate surface area is 173 Å². The van der Waals surface area contributed by atoms with Crippen LogP contribution in [0.3, 0.4) is 0 Å². The molecule has 0 bridgehead atoms. The molecule has 0 N–H and O–H groups in total. The molecule has 0 rings (SSSR count). The van der Waals surface area contributed by atoms with Crippen LogP contribution in [0.2, 0.25) is 0 Å². The summed E-state index contributed by atoms with van der Waals surface area (Å²) in [6.45, 7) is 16.2. The highest BCUT2D eigenvalue weighted by Crippen LogP contribution is 2.43. The van der Waals surface area contributed by atoms with Gasteiger partial charge in [0.25, 0.3) is 0 Å². The van der Waals surface area contributed by atoms with Crippen molar-refractivity contribution in [2.24, 2.45) is 0 Å². The number of alkyl halides is 5. The number of hydrogen-bond donors (Lipinski definition) is 0. The highest BCUT2D eigenvalue weighted by Gasteiger charge is 2.66. The van der Waals surface area contributed by atoms with Crippen LogP contribution < -0.4 is 0 Å². The van der Waals surface area contributed by atoms with E-state index < -0.39 is 33.9 Å². The number of quaternary nitrogens is 1. The summed E-state index contributed by atoms with van der Waals surface area (Å²) in [6, 6.07) is 0. The van der Waals surface area contributed by atoms with Crippen LogP contribution in [0.5, 0.6) is 0 Å². The molecule has 0 radical (unpaired) electrons. The first-order valence-electron chi connectivity index (χ1n) is 10.4. The van der Waals surface area contributed by atoms with Crippen LogP contribution in [-0.4, -0.2) is 61.0 Å². The molecule has 0 fully saturated rings. The largest absolute Gasteiger partial charge is 0.743 e. The highest BCUT2D eigenvalue weighted by atomic mass is 32.2. The van der Waals surface area contributed by atoms with E-state index >= 15 is 0 Å². The minimum Gasteiger partial charge on any atom is -0.743 e. The Balaban J connectivity index is 0. The lowest BCUT2D eigenvalue weighted by Gasteiger charge is -2.34. The second kappa shape index (κ2) is 13.7. The molecule has 0 saturated heterocycles. The van der Waals surface area contributed by atoms with E-state index in [0.717, 1.165) is 19.3 Å². The summed E-state index contributed by atoms with van der Waals surface area (Å²) in [5.41, 5.74) is 0. The minimum absolute atomic E-state index is 0.0740. The topological polar surface area (TPSA) is 57.2 Å². The summed E-state index contributed by atoms with van der Waals surface area (Å²) in [5.74, 6) is -5.52. The Hall–Kier alpha value is -0.480. The fraction of sp³-hybridized carbons (Fsp3) is 1.00. The summed E-state index contributed by atoms with van der Waals surface area (Å²) in [4.78, 5) is 0. The van der Waals surface area contributed by atoms with Crippen molar-refractivity contribution in [3.8, 4) is 0 Å². The van der Waals surface area contributed by atoms with Crippen LogP contribution in [0.25, 0.3) is 0 Å². The molecule has 0 amide bonds. The average Bonchev–Trinajstić information content (AvgIpc) is 2.66. The molecule has 0 aliphatic rings. The van der Waals surface area contributed by atoms with Gasteiger partial charge < -0.3 is 9.04 Å². The van der Waals surface area contributed by atoms with Crippen molar-refractivity contribution in [1.29, 1.82) is 0 Å². The van der Waals surface area contributed by atoms with Gasteiger partial charge >= 0.3 is 11.2 Å². The van der Waals surface area contributed by atoms with Crippen LogP contribution >= 0.6 is 0 Å². The van der Waals surface area contributed by atoms with Crippen molar-refractivity contribution < 1.29 is 39.4 Å². The van der Waals surface area contributed by atoms with Gasteiger partial charge in [0, 0.05) is 0 Å². The molecule has 29 heavy (non-hydrogen) atoms. The fourth-order valence-corrected chi connectivity index (χ4v) is 3.44. The van der Waals surface area contributed by atoms with Gasteiger partial charge in [0.1, 0.15) is 0 Å². The number of nitrogens with zero attached hydrogens (tertiary/aromatic N) is 1. The maximum Gasteiger partial charge on any atom is 0.399 e. The quantitative estimate of drug-likeness (QED) is 0.145. The van der Waals surface area contributed by atoms with Gasteiger partial charge in [-0.3, -0.25) is 0 Å². The van der Waals surface area contributed by atoms with Crippen molar-refractivity contribution >= 4 is 10.1 Å². The lowest BCUT2D eigenvalue weighted by atomic mass is 10.0. The van der Waals surface area contributed by atoms with E-state index in [1.165, 1.54) is 30.7 Å². The zero-order chi connectivity index (χ0) is 23.4. The third-order valence-corrected chi connectivity index (χ3v) is 6.49. The van der Waals surface area contributed by atoms with Gasteiger partial charge in [0.05, 0.1) is 26.2 Å². The monoisotopic (exact) mass is 455 g/mol. The van der Waals surface area contributed by atoms with Crippen LogP contribution in [-0.2, 0) is 10.1 Å². The molecule has 1 atom stereocenters. The second-order valence-electron chi connectivity index (χ2n) is 7.22. The Bertz CT molecular complexity index is 508. The lowest BCUT2D eigenvalue weighted by Crippen LogP contribution is -2.52. The zero-order valence-corrected chi connectivity index (χ0v) is 19.1. The molecule has 1 unspecified atom stereocenters. The van der Waals surface area contributed by atoms with Gasteiger partial charge in [-0.15, -0.1) is 0 Å². The standard InChI is InChI=1S/C11H19F5O3S.C8H20N/c1-2-3-4-5-6-7-8-9(12)10(13,14)11(15,16)20(17,18)19;1-5-9(6-2,7-3)8-4/h9H,2-8H2,1H3,(H,17,18,19);5-8H2,1-4H3/q;+1/p-1. The predicted molar refractivity (Wildman–Crippen MR) is 105 cm³/mol. The SMILES string of the molecule is CCCCCCCCC(F)C(F)(F)C(F)(F)S(=O)(=O)[O-].CC[N+](CC)(CC)CC. The van der Waals surface area contributed by atoms with Gasteiger partial charge in [-0.1, -0.05) is 45.4 Å². The van der Waals surface area contributed by atoms with Crippen molar-refractivity contribution in [2.75, 3.05) is 26.2 Å². The van der Waals surface area contributed by atoms with Gasteiger partial charge in [0.2, 0.25) is 0 Å². The zero-order valence-electron chi connectivity index (χ0n) is 18.3. The van der Waals surface area contributed by atoms with Gasteiger partial charge in [0.15, 0.2) is 16.3 Å². The number of halogens is 5. The molecule has 10 heteroatoms. The lowest BCUT2D eigenvalue weighted by molar-refractivity contribution is -0.921.